The largest absolute Gasteiger partial charge is 0.467 e. The average molecular weight is 342 g/mol. The fraction of sp³-hybridized carbons (Fsp3) is 0.316. The van der Waals surface area contributed by atoms with Gasteiger partial charge in [0.05, 0.1) is 6.61 Å². The number of nitrogens with zero attached hydrogens (tertiary/aromatic N) is 1. The Labute approximate surface area is 145 Å². The molecular formula is C19H19FN2O3. The second kappa shape index (κ2) is 6.82. The van der Waals surface area contributed by atoms with E-state index in [4.69, 9.17) is 9.47 Å². The van der Waals surface area contributed by atoms with E-state index in [0.29, 0.717) is 37.6 Å². The highest BCUT2D eigenvalue weighted by Crippen LogP contribution is 2.33. The van der Waals surface area contributed by atoms with Crippen molar-refractivity contribution in [3.63, 3.8) is 0 Å². The fourth-order valence-corrected chi connectivity index (χ4v) is 3.48. The predicted molar refractivity (Wildman–Crippen MR) is 89.3 cm³/mol. The van der Waals surface area contributed by atoms with Crippen LogP contribution in [0.4, 0.5) is 4.39 Å². The molecule has 0 radical (unpaired) electrons. The topological polar surface area (TPSA) is 50.8 Å². The Morgan fingerprint density at radius 3 is 2.92 bits per heavy atom. The highest BCUT2D eigenvalue weighted by Gasteiger charge is 2.32. The summed E-state index contributed by atoms with van der Waals surface area (Å²) in [5.41, 5.74) is 2.38. The van der Waals surface area contributed by atoms with Crippen LogP contribution in [0.2, 0.25) is 0 Å². The molecule has 1 N–H and O–H groups in total. The summed E-state index contributed by atoms with van der Waals surface area (Å²) >= 11 is 0. The molecule has 0 aliphatic carbocycles. The Balaban J connectivity index is 1.67. The molecule has 0 saturated carbocycles. The van der Waals surface area contributed by atoms with Gasteiger partial charge in [-0.25, -0.2) is 4.39 Å². The quantitative estimate of drug-likeness (QED) is 0.930. The minimum absolute atomic E-state index is 0.0352. The second-order valence-electron chi connectivity index (χ2n) is 6.24. The minimum atomic E-state index is -0.395. The number of ether oxygens (including phenoxy) is 2. The summed E-state index contributed by atoms with van der Waals surface area (Å²) in [4.78, 5) is 14.5. The maximum atomic E-state index is 14.0. The molecule has 25 heavy (non-hydrogen) atoms. The molecule has 0 bridgehead atoms. The van der Waals surface area contributed by atoms with E-state index in [-0.39, 0.29) is 18.5 Å². The molecule has 1 atom stereocenters. The van der Waals surface area contributed by atoms with Crippen LogP contribution in [0.25, 0.3) is 0 Å². The third-order valence-electron chi connectivity index (χ3n) is 4.55. The van der Waals surface area contributed by atoms with Crippen molar-refractivity contribution in [2.45, 2.75) is 19.2 Å². The van der Waals surface area contributed by atoms with Crippen LogP contribution >= 0.6 is 0 Å². The molecule has 2 aromatic rings. The maximum absolute atomic E-state index is 14.0. The van der Waals surface area contributed by atoms with E-state index in [0.717, 1.165) is 11.1 Å². The number of hydrogen-bond acceptors (Lipinski definition) is 4. The van der Waals surface area contributed by atoms with Crippen molar-refractivity contribution in [1.29, 1.82) is 0 Å². The summed E-state index contributed by atoms with van der Waals surface area (Å²) in [6.45, 7) is 2.20. The molecule has 1 fully saturated rings. The number of fused-ring (bicyclic) bond motifs is 1. The summed E-state index contributed by atoms with van der Waals surface area (Å²) in [5.74, 6) is 0.318. The normalized spacial score (nSPS) is 20.5. The van der Waals surface area contributed by atoms with E-state index in [1.807, 2.05) is 30.3 Å². The second-order valence-corrected chi connectivity index (χ2v) is 6.24. The molecule has 2 heterocycles. The lowest BCUT2D eigenvalue weighted by Crippen LogP contribution is -2.49. The van der Waals surface area contributed by atoms with Gasteiger partial charge < -0.3 is 14.8 Å². The Hall–Kier alpha value is -2.44. The van der Waals surface area contributed by atoms with Crippen molar-refractivity contribution >= 4 is 5.91 Å². The number of halogens is 1. The van der Waals surface area contributed by atoms with Crippen LogP contribution in [-0.4, -0.2) is 30.7 Å². The van der Waals surface area contributed by atoms with Crippen LogP contribution in [-0.2, 0) is 22.7 Å². The van der Waals surface area contributed by atoms with Crippen molar-refractivity contribution in [2.75, 3.05) is 19.9 Å². The van der Waals surface area contributed by atoms with Gasteiger partial charge in [0.2, 0.25) is 5.91 Å². The van der Waals surface area contributed by atoms with Gasteiger partial charge in [-0.1, -0.05) is 30.3 Å². The zero-order valence-corrected chi connectivity index (χ0v) is 13.7. The lowest BCUT2D eigenvalue weighted by Gasteiger charge is -2.36. The van der Waals surface area contributed by atoms with E-state index >= 15 is 0 Å². The highest BCUT2D eigenvalue weighted by atomic mass is 19.1. The molecule has 2 aliphatic rings. The molecule has 2 aliphatic heterocycles. The Bertz CT molecular complexity index is 782. The van der Waals surface area contributed by atoms with E-state index in [9.17, 15) is 9.18 Å². The average Bonchev–Trinajstić information content (AvgIpc) is 2.62. The standard InChI is InChI=1S/C19H19FN2O3/c20-16-8-14(18-15(9-16)11-24-12-25-18)10-22-7-6-21-19(23)17(22)13-4-2-1-3-5-13/h1-5,8-9,17H,6-7,10-12H2,(H,21,23)/t17-/m0/s1. The van der Waals surface area contributed by atoms with Gasteiger partial charge in [0.25, 0.3) is 0 Å². The number of carbonyl (C=O) groups is 1. The van der Waals surface area contributed by atoms with Crippen LogP contribution in [0.3, 0.4) is 0 Å². The third-order valence-corrected chi connectivity index (χ3v) is 4.55. The van der Waals surface area contributed by atoms with Gasteiger partial charge in [-0.3, -0.25) is 9.69 Å². The summed E-state index contributed by atoms with van der Waals surface area (Å²) in [5, 5.41) is 2.91. The summed E-state index contributed by atoms with van der Waals surface area (Å²) in [7, 11) is 0. The molecule has 6 heteroatoms. The van der Waals surface area contributed by atoms with Crippen LogP contribution in [0.5, 0.6) is 5.75 Å². The zero-order valence-electron chi connectivity index (χ0n) is 13.7. The Morgan fingerprint density at radius 2 is 2.08 bits per heavy atom. The first-order valence-electron chi connectivity index (χ1n) is 8.31. The van der Waals surface area contributed by atoms with Crippen LogP contribution < -0.4 is 10.1 Å². The van der Waals surface area contributed by atoms with Crippen molar-refractivity contribution in [3.8, 4) is 5.75 Å². The van der Waals surface area contributed by atoms with Crippen molar-refractivity contribution in [1.82, 2.24) is 10.2 Å². The van der Waals surface area contributed by atoms with Gasteiger partial charge in [0.1, 0.15) is 17.6 Å². The van der Waals surface area contributed by atoms with E-state index in [1.54, 1.807) is 0 Å². The third kappa shape index (κ3) is 3.23. The predicted octanol–water partition coefficient (Wildman–Crippen LogP) is 2.37. The van der Waals surface area contributed by atoms with Crippen LogP contribution in [0, 0.1) is 5.82 Å². The Kier molecular flexibility index (Phi) is 4.38. The lowest BCUT2D eigenvalue weighted by atomic mass is 10.0. The first-order chi connectivity index (χ1) is 12.2. The van der Waals surface area contributed by atoms with Gasteiger partial charge in [-0.15, -0.1) is 0 Å². The maximum Gasteiger partial charge on any atom is 0.242 e. The Morgan fingerprint density at radius 1 is 1.24 bits per heavy atom. The SMILES string of the molecule is O=C1NCCN(Cc2cc(F)cc3c2OCOC3)[C@H]1c1ccccc1. The van der Waals surface area contributed by atoms with E-state index in [1.165, 1.54) is 12.1 Å². The lowest BCUT2D eigenvalue weighted by molar-refractivity contribution is -0.129. The number of piperazine rings is 1. The number of benzene rings is 2. The monoisotopic (exact) mass is 342 g/mol. The molecular weight excluding hydrogens is 323 g/mol. The van der Waals surface area contributed by atoms with Gasteiger partial charge in [0.15, 0.2) is 6.79 Å². The molecule has 130 valence electrons. The highest BCUT2D eigenvalue weighted by molar-refractivity contribution is 5.83. The number of carbonyl (C=O) groups excluding carboxylic acids is 1. The number of hydrogen-bond donors (Lipinski definition) is 1. The van der Waals surface area contributed by atoms with Crippen molar-refractivity contribution in [2.24, 2.45) is 0 Å². The zero-order chi connectivity index (χ0) is 17.2. The number of amides is 1. The smallest absolute Gasteiger partial charge is 0.242 e. The molecule has 4 rings (SSSR count). The summed E-state index contributed by atoms with van der Waals surface area (Å²) in [6, 6.07) is 12.2. The van der Waals surface area contributed by atoms with E-state index in [2.05, 4.69) is 10.2 Å². The van der Waals surface area contributed by atoms with Gasteiger partial charge in [-0.2, -0.15) is 0 Å². The molecule has 5 nitrogen and oxygen atoms in total. The first-order valence-corrected chi connectivity index (χ1v) is 8.31. The van der Waals surface area contributed by atoms with Crippen LogP contribution in [0.15, 0.2) is 42.5 Å². The van der Waals surface area contributed by atoms with E-state index < -0.39 is 6.04 Å². The number of rotatable bonds is 3. The minimum Gasteiger partial charge on any atom is -0.467 e. The fourth-order valence-electron chi connectivity index (χ4n) is 3.48. The van der Waals surface area contributed by atoms with Crippen molar-refractivity contribution < 1.29 is 18.7 Å². The van der Waals surface area contributed by atoms with Crippen LogP contribution in [0.1, 0.15) is 22.7 Å². The van der Waals surface area contributed by atoms with Gasteiger partial charge in [0, 0.05) is 30.8 Å². The summed E-state index contributed by atoms with van der Waals surface area (Å²) in [6.07, 6.45) is 0. The molecule has 0 spiro atoms. The molecule has 1 amide bonds. The van der Waals surface area contributed by atoms with Gasteiger partial charge >= 0.3 is 0 Å². The molecule has 0 unspecified atom stereocenters. The molecule has 0 aromatic heterocycles. The van der Waals surface area contributed by atoms with Gasteiger partial charge in [-0.05, 0) is 17.7 Å². The molecule has 1 saturated heterocycles. The summed E-state index contributed by atoms with van der Waals surface area (Å²) < 4.78 is 24.8. The first kappa shape index (κ1) is 16.1. The number of nitrogens with one attached hydrogen (secondary N) is 1. The van der Waals surface area contributed by atoms with Crippen molar-refractivity contribution in [3.05, 3.63) is 65.0 Å². The molecule has 2 aromatic carbocycles.